The molecule has 0 spiro atoms. The van der Waals surface area contributed by atoms with E-state index >= 15 is 0 Å². The lowest BCUT2D eigenvalue weighted by molar-refractivity contribution is 0.0952. The molecule has 0 aliphatic heterocycles. The van der Waals surface area contributed by atoms with Crippen molar-refractivity contribution in [1.82, 2.24) is 5.43 Å². The van der Waals surface area contributed by atoms with Gasteiger partial charge >= 0.3 is 0 Å². The molecule has 0 aliphatic carbocycles. The lowest BCUT2D eigenvalue weighted by atomic mass is 10.2. The molecule has 1 amide bonds. The number of rotatable bonds is 7. The molecule has 1 N–H and O–H groups in total. The number of carbonyl (C=O) groups is 1. The zero-order valence-corrected chi connectivity index (χ0v) is 18.7. The Morgan fingerprint density at radius 2 is 1.79 bits per heavy atom. The van der Waals surface area contributed by atoms with Crippen LogP contribution in [0, 0.1) is 0 Å². The summed E-state index contributed by atoms with van der Waals surface area (Å²) in [4.78, 5) is 12.4. The maximum absolute atomic E-state index is 12.4. The Kier molecular flexibility index (Phi) is 7.43. The Hall–Kier alpha value is -2.64. The number of benzene rings is 3. The molecule has 0 saturated carbocycles. The molecule has 0 heterocycles. The van der Waals surface area contributed by atoms with Gasteiger partial charge in [0.1, 0.15) is 18.1 Å². The molecule has 0 bridgehead atoms. The summed E-state index contributed by atoms with van der Waals surface area (Å²) in [6.07, 6.45) is 1.56. The average molecular weight is 518 g/mol. The van der Waals surface area contributed by atoms with Crippen molar-refractivity contribution in [2.75, 3.05) is 7.11 Å². The first-order chi connectivity index (χ1) is 14.0. The zero-order valence-electron chi connectivity index (χ0n) is 15.6. The summed E-state index contributed by atoms with van der Waals surface area (Å²) in [5.74, 6) is 0.836. The van der Waals surface area contributed by atoms with E-state index in [-0.39, 0.29) is 5.91 Å². The van der Waals surface area contributed by atoms with E-state index in [1.807, 2.05) is 48.5 Å². The van der Waals surface area contributed by atoms with E-state index in [1.54, 1.807) is 24.4 Å². The Balaban J connectivity index is 1.61. The van der Waals surface area contributed by atoms with Gasteiger partial charge in [0.15, 0.2) is 0 Å². The van der Waals surface area contributed by atoms with Crippen LogP contribution >= 0.6 is 31.9 Å². The van der Waals surface area contributed by atoms with Crippen molar-refractivity contribution in [2.45, 2.75) is 6.61 Å². The van der Waals surface area contributed by atoms with Crippen molar-refractivity contribution in [2.24, 2.45) is 5.10 Å². The molecule has 0 fully saturated rings. The summed E-state index contributed by atoms with van der Waals surface area (Å²) in [7, 11) is 1.52. The van der Waals surface area contributed by atoms with E-state index in [4.69, 9.17) is 9.47 Å². The molecule has 148 valence electrons. The second-order valence-corrected chi connectivity index (χ2v) is 7.86. The maximum Gasteiger partial charge on any atom is 0.275 e. The number of hydrogen-bond acceptors (Lipinski definition) is 4. The van der Waals surface area contributed by atoms with Crippen molar-refractivity contribution in [1.29, 1.82) is 0 Å². The van der Waals surface area contributed by atoms with Gasteiger partial charge in [0.2, 0.25) is 0 Å². The molecule has 0 aromatic heterocycles. The lowest BCUT2D eigenvalue weighted by Gasteiger charge is -2.08. The van der Waals surface area contributed by atoms with Crippen molar-refractivity contribution in [3.63, 3.8) is 0 Å². The first-order valence-electron chi connectivity index (χ1n) is 8.69. The van der Waals surface area contributed by atoms with Crippen LogP contribution in [0.2, 0.25) is 0 Å². The van der Waals surface area contributed by atoms with Gasteiger partial charge in [-0.1, -0.05) is 56.1 Å². The van der Waals surface area contributed by atoms with Crippen molar-refractivity contribution >= 4 is 44.0 Å². The smallest absolute Gasteiger partial charge is 0.275 e. The van der Waals surface area contributed by atoms with Gasteiger partial charge in [-0.05, 0) is 53.6 Å². The Bertz CT molecular complexity index is 1020. The third-order valence-corrected chi connectivity index (χ3v) is 4.98. The summed E-state index contributed by atoms with van der Waals surface area (Å²) in [6, 6.07) is 20.6. The molecule has 5 nitrogen and oxygen atoms in total. The van der Waals surface area contributed by atoms with E-state index in [9.17, 15) is 4.79 Å². The SMILES string of the molecule is COc1ccc(Br)cc1C(=O)N/N=C\c1cccc(OCc2ccc(Br)cc2)c1. The molecule has 0 aliphatic rings. The van der Waals surface area contributed by atoms with Gasteiger partial charge in [-0.15, -0.1) is 0 Å². The number of amides is 1. The van der Waals surface area contributed by atoms with Gasteiger partial charge in [-0.3, -0.25) is 4.79 Å². The minimum Gasteiger partial charge on any atom is -0.496 e. The highest BCUT2D eigenvalue weighted by Crippen LogP contribution is 2.22. The lowest BCUT2D eigenvalue weighted by Crippen LogP contribution is -2.18. The Morgan fingerprint density at radius 1 is 1.03 bits per heavy atom. The molecule has 3 aromatic carbocycles. The van der Waals surface area contributed by atoms with Gasteiger partial charge in [-0.25, -0.2) is 5.43 Å². The molecule has 0 unspecified atom stereocenters. The highest BCUT2D eigenvalue weighted by molar-refractivity contribution is 9.10. The molecule has 0 atom stereocenters. The zero-order chi connectivity index (χ0) is 20.6. The number of carbonyl (C=O) groups excluding carboxylic acids is 1. The third kappa shape index (κ3) is 6.17. The fraction of sp³-hybridized carbons (Fsp3) is 0.0909. The van der Waals surface area contributed by atoms with E-state index in [0.29, 0.717) is 17.9 Å². The average Bonchev–Trinajstić information content (AvgIpc) is 2.73. The maximum atomic E-state index is 12.4. The van der Waals surface area contributed by atoms with Gasteiger partial charge in [0.25, 0.3) is 5.91 Å². The second kappa shape index (κ2) is 10.2. The molecule has 0 radical (unpaired) electrons. The minimum atomic E-state index is -0.359. The molecule has 7 heteroatoms. The normalized spacial score (nSPS) is 10.7. The summed E-state index contributed by atoms with van der Waals surface area (Å²) in [6.45, 7) is 0.466. The van der Waals surface area contributed by atoms with Crippen LogP contribution < -0.4 is 14.9 Å². The number of hydrazone groups is 1. The molecule has 29 heavy (non-hydrogen) atoms. The summed E-state index contributed by atoms with van der Waals surface area (Å²) >= 11 is 6.77. The molecule has 3 rings (SSSR count). The molecule has 3 aromatic rings. The predicted molar refractivity (Wildman–Crippen MR) is 121 cm³/mol. The van der Waals surface area contributed by atoms with Crippen molar-refractivity contribution in [3.8, 4) is 11.5 Å². The van der Waals surface area contributed by atoms with Crippen LogP contribution in [0.4, 0.5) is 0 Å². The van der Waals surface area contributed by atoms with Gasteiger partial charge in [-0.2, -0.15) is 5.10 Å². The van der Waals surface area contributed by atoms with E-state index in [1.165, 1.54) is 7.11 Å². The Labute approximate surface area is 186 Å². The summed E-state index contributed by atoms with van der Waals surface area (Å²) in [5.41, 5.74) is 4.79. The highest BCUT2D eigenvalue weighted by Gasteiger charge is 2.11. The van der Waals surface area contributed by atoms with Gasteiger partial charge in [0, 0.05) is 8.95 Å². The Morgan fingerprint density at radius 3 is 2.55 bits per heavy atom. The third-order valence-electron chi connectivity index (χ3n) is 3.96. The van der Waals surface area contributed by atoms with Crippen LogP contribution in [0.5, 0.6) is 11.5 Å². The van der Waals surface area contributed by atoms with Crippen LogP contribution in [0.25, 0.3) is 0 Å². The van der Waals surface area contributed by atoms with Crippen LogP contribution in [0.1, 0.15) is 21.5 Å². The van der Waals surface area contributed by atoms with E-state index < -0.39 is 0 Å². The number of nitrogens with one attached hydrogen (secondary N) is 1. The number of hydrogen-bond donors (Lipinski definition) is 1. The van der Waals surface area contributed by atoms with Crippen LogP contribution in [0.3, 0.4) is 0 Å². The van der Waals surface area contributed by atoms with Gasteiger partial charge < -0.3 is 9.47 Å². The molecular formula is C22H18Br2N2O3. The fourth-order valence-corrected chi connectivity index (χ4v) is 3.14. The highest BCUT2D eigenvalue weighted by atomic mass is 79.9. The number of halogens is 2. The summed E-state index contributed by atoms with van der Waals surface area (Å²) in [5, 5.41) is 4.04. The summed E-state index contributed by atoms with van der Waals surface area (Å²) < 4.78 is 12.9. The predicted octanol–water partition coefficient (Wildman–Crippen LogP) is 5.56. The topological polar surface area (TPSA) is 59.9 Å². The van der Waals surface area contributed by atoms with E-state index in [2.05, 4.69) is 42.4 Å². The van der Waals surface area contributed by atoms with Gasteiger partial charge in [0.05, 0.1) is 18.9 Å². The standard InChI is InChI=1S/C22H18Br2N2O3/c1-28-21-10-9-18(24)12-20(21)22(27)26-25-13-16-3-2-4-19(11-16)29-14-15-5-7-17(23)8-6-15/h2-13H,14H2,1H3,(H,26,27)/b25-13-. The first-order valence-corrected chi connectivity index (χ1v) is 10.3. The van der Waals surface area contributed by atoms with Crippen LogP contribution in [-0.4, -0.2) is 19.2 Å². The van der Waals surface area contributed by atoms with E-state index in [0.717, 1.165) is 25.8 Å². The molecule has 0 saturated heterocycles. The fourth-order valence-electron chi connectivity index (χ4n) is 2.52. The van der Waals surface area contributed by atoms with Crippen molar-refractivity contribution < 1.29 is 14.3 Å². The number of nitrogens with zero attached hydrogens (tertiary/aromatic N) is 1. The van der Waals surface area contributed by atoms with Crippen LogP contribution in [-0.2, 0) is 6.61 Å². The monoisotopic (exact) mass is 516 g/mol. The number of methoxy groups -OCH3 is 1. The molecular weight excluding hydrogens is 500 g/mol. The van der Waals surface area contributed by atoms with Crippen LogP contribution in [0.15, 0.2) is 80.8 Å². The minimum absolute atomic E-state index is 0.359. The second-order valence-electron chi connectivity index (χ2n) is 6.03. The first kappa shape index (κ1) is 21.1. The largest absolute Gasteiger partial charge is 0.496 e. The quantitative estimate of drug-likeness (QED) is 0.329. The van der Waals surface area contributed by atoms with Crippen molar-refractivity contribution in [3.05, 3.63) is 92.4 Å². The number of ether oxygens (including phenoxy) is 2.